The molecule has 1 aromatic heterocycles. The van der Waals surface area contributed by atoms with E-state index >= 15 is 0 Å². The zero-order chi connectivity index (χ0) is 12.8. The fourth-order valence-corrected chi connectivity index (χ4v) is 1.91. The van der Waals surface area contributed by atoms with E-state index in [0.29, 0.717) is 25.6 Å². The van der Waals surface area contributed by atoms with Crippen LogP contribution in [-0.2, 0) is 11.3 Å². The summed E-state index contributed by atoms with van der Waals surface area (Å²) in [7, 11) is 0. The summed E-state index contributed by atoms with van der Waals surface area (Å²) in [5.74, 6) is 0.683. The highest BCUT2D eigenvalue weighted by Crippen LogP contribution is 2.22. The van der Waals surface area contributed by atoms with Gasteiger partial charge in [-0.15, -0.1) is 0 Å². The SMILES string of the molecule is CCNC(=O)Cn1cncc1C(CN)C(C)C. The van der Waals surface area contributed by atoms with Gasteiger partial charge in [0.1, 0.15) is 6.54 Å². The number of carbonyl (C=O) groups is 1. The van der Waals surface area contributed by atoms with E-state index in [0.717, 1.165) is 5.69 Å². The number of carbonyl (C=O) groups excluding carboxylic acids is 1. The van der Waals surface area contributed by atoms with Crippen molar-refractivity contribution in [3.8, 4) is 0 Å². The van der Waals surface area contributed by atoms with Crippen molar-refractivity contribution in [2.24, 2.45) is 11.7 Å². The number of hydrogen-bond acceptors (Lipinski definition) is 3. The molecule has 1 aromatic rings. The van der Waals surface area contributed by atoms with Gasteiger partial charge in [0.2, 0.25) is 5.91 Å². The van der Waals surface area contributed by atoms with Crippen LogP contribution in [0.15, 0.2) is 12.5 Å². The van der Waals surface area contributed by atoms with Crippen LogP contribution in [0.1, 0.15) is 32.4 Å². The lowest BCUT2D eigenvalue weighted by Gasteiger charge is -2.20. The number of nitrogens with one attached hydrogen (secondary N) is 1. The normalized spacial score (nSPS) is 12.8. The Labute approximate surface area is 102 Å². The predicted octanol–water partition coefficient (Wildman–Crippen LogP) is 0.718. The molecule has 1 amide bonds. The molecular formula is C12H22N4O. The van der Waals surface area contributed by atoms with Crippen molar-refractivity contribution in [2.45, 2.75) is 33.2 Å². The molecule has 0 aliphatic rings. The Morgan fingerprint density at radius 2 is 2.29 bits per heavy atom. The molecule has 1 atom stereocenters. The molecule has 1 heterocycles. The Morgan fingerprint density at radius 1 is 1.59 bits per heavy atom. The lowest BCUT2D eigenvalue weighted by molar-refractivity contribution is -0.121. The topological polar surface area (TPSA) is 72.9 Å². The Balaban J connectivity index is 2.81. The summed E-state index contributed by atoms with van der Waals surface area (Å²) in [4.78, 5) is 15.7. The van der Waals surface area contributed by atoms with Crippen LogP contribution in [0.5, 0.6) is 0 Å². The van der Waals surface area contributed by atoms with Crippen molar-refractivity contribution >= 4 is 5.91 Å². The molecule has 0 saturated carbocycles. The fourth-order valence-electron chi connectivity index (χ4n) is 1.91. The first-order chi connectivity index (χ1) is 8.10. The molecule has 0 radical (unpaired) electrons. The summed E-state index contributed by atoms with van der Waals surface area (Å²) in [6.07, 6.45) is 3.49. The standard InChI is InChI=1S/C12H22N4O/c1-4-15-12(17)7-16-8-14-6-11(16)10(5-13)9(2)3/h6,8-10H,4-5,7,13H2,1-3H3,(H,15,17). The third-order valence-corrected chi connectivity index (χ3v) is 2.87. The lowest BCUT2D eigenvalue weighted by Crippen LogP contribution is -2.29. The highest BCUT2D eigenvalue weighted by atomic mass is 16.1. The van der Waals surface area contributed by atoms with Gasteiger partial charge in [-0.1, -0.05) is 13.8 Å². The summed E-state index contributed by atoms with van der Waals surface area (Å²) in [5, 5.41) is 2.78. The maximum atomic E-state index is 11.6. The Kier molecular flexibility index (Phi) is 5.15. The van der Waals surface area contributed by atoms with Crippen molar-refractivity contribution in [1.82, 2.24) is 14.9 Å². The van der Waals surface area contributed by atoms with Gasteiger partial charge in [0.05, 0.1) is 6.33 Å². The number of amides is 1. The van der Waals surface area contributed by atoms with Gasteiger partial charge in [0.25, 0.3) is 0 Å². The van der Waals surface area contributed by atoms with Crippen molar-refractivity contribution in [3.05, 3.63) is 18.2 Å². The van der Waals surface area contributed by atoms with E-state index < -0.39 is 0 Å². The Hall–Kier alpha value is -1.36. The minimum Gasteiger partial charge on any atom is -0.355 e. The van der Waals surface area contributed by atoms with Crippen LogP contribution in [0.4, 0.5) is 0 Å². The molecule has 3 N–H and O–H groups in total. The van der Waals surface area contributed by atoms with Gasteiger partial charge in [-0.3, -0.25) is 4.79 Å². The van der Waals surface area contributed by atoms with E-state index in [1.807, 2.05) is 11.5 Å². The average Bonchev–Trinajstić information content (AvgIpc) is 2.67. The average molecular weight is 238 g/mol. The third-order valence-electron chi connectivity index (χ3n) is 2.87. The zero-order valence-electron chi connectivity index (χ0n) is 10.8. The first kappa shape index (κ1) is 13.7. The van der Waals surface area contributed by atoms with E-state index in [1.54, 1.807) is 12.5 Å². The van der Waals surface area contributed by atoms with Crippen LogP contribution in [0.3, 0.4) is 0 Å². The van der Waals surface area contributed by atoms with Gasteiger partial charge in [-0.05, 0) is 12.8 Å². The van der Waals surface area contributed by atoms with Crippen LogP contribution >= 0.6 is 0 Å². The number of hydrogen-bond donors (Lipinski definition) is 2. The van der Waals surface area contributed by atoms with E-state index in [-0.39, 0.29) is 11.8 Å². The molecule has 0 aromatic carbocycles. The summed E-state index contributed by atoms with van der Waals surface area (Å²) in [5.41, 5.74) is 6.82. The third kappa shape index (κ3) is 3.56. The van der Waals surface area contributed by atoms with Crippen LogP contribution < -0.4 is 11.1 Å². The molecule has 1 rings (SSSR count). The molecule has 5 heteroatoms. The number of rotatable bonds is 6. The monoisotopic (exact) mass is 238 g/mol. The number of imidazole rings is 1. The van der Waals surface area contributed by atoms with Crippen LogP contribution in [0.2, 0.25) is 0 Å². The number of aromatic nitrogens is 2. The highest BCUT2D eigenvalue weighted by Gasteiger charge is 2.18. The summed E-state index contributed by atoms with van der Waals surface area (Å²) in [6, 6.07) is 0. The molecule has 0 spiro atoms. The summed E-state index contributed by atoms with van der Waals surface area (Å²) >= 11 is 0. The van der Waals surface area contributed by atoms with E-state index in [4.69, 9.17) is 5.73 Å². The van der Waals surface area contributed by atoms with Gasteiger partial charge >= 0.3 is 0 Å². The molecule has 1 unspecified atom stereocenters. The van der Waals surface area contributed by atoms with Crippen LogP contribution in [0, 0.1) is 5.92 Å². The van der Waals surface area contributed by atoms with E-state index in [1.165, 1.54) is 0 Å². The molecule has 0 saturated heterocycles. The number of nitrogens with two attached hydrogens (primary N) is 1. The highest BCUT2D eigenvalue weighted by molar-refractivity contribution is 5.75. The minimum absolute atomic E-state index is 0.00581. The molecule has 5 nitrogen and oxygen atoms in total. The van der Waals surface area contributed by atoms with Crippen molar-refractivity contribution in [1.29, 1.82) is 0 Å². The van der Waals surface area contributed by atoms with Gasteiger partial charge in [-0.25, -0.2) is 4.98 Å². The number of nitrogens with zero attached hydrogens (tertiary/aromatic N) is 2. The zero-order valence-corrected chi connectivity index (χ0v) is 10.8. The van der Waals surface area contributed by atoms with Crippen molar-refractivity contribution in [2.75, 3.05) is 13.1 Å². The molecular weight excluding hydrogens is 216 g/mol. The maximum Gasteiger partial charge on any atom is 0.239 e. The second kappa shape index (κ2) is 6.39. The van der Waals surface area contributed by atoms with Gasteiger partial charge in [0, 0.05) is 30.9 Å². The molecule has 0 aliphatic carbocycles. The van der Waals surface area contributed by atoms with Crippen LogP contribution in [0.25, 0.3) is 0 Å². The van der Waals surface area contributed by atoms with Crippen molar-refractivity contribution in [3.63, 3.8) is 0 Å². The van der Waals surface area contributed by atoms with E-state index in [9.17, 15) is 4.79 Å². The van der Waals surface area contributed by atoms with Crippen molar-refractivity contribution < 1.29 is 4.79 Å². The van der Waals surface area contributed by atoms with Gasteiger partial charge in [-0.2, -0.15) is 0 Å². The largest absolute Gasteiger partial charge is 0.355 e. The molecule has 17 heavy (non-hydrogen) atoms. The van der Waals surface area contributed by atoms with Crippen LogP contribution in [-0.4, -0.2) is 28.5 Å². The first-order valence-electron chi connectivity index (χ1n) is 6.06. The Morgan fingerprint density at radius 3 is 2.82 bits per heavy atom. The lowest BCUT2D eigenvalue weighted by atomic mass is 9.93. The summed E-state index contributed by atoms with van der Waals surface area (Å²) < 4.78 is 1.88. The fraction of sp³-hybridized carbons (Fsp3) is 0.667. The quantitative estimate of drug-likeness (QED) is 0.767. The Bertz CT molecular complexity index is 359. The smallest absolute Gasteiger partial charge is 0.239 e. The predicted molar refractivity (Wildman–Crippen MR) is 67.5 cm³/mol. The molecule has 96 valence electrons. The van der Waals surface area contributed by atoms with Gasteiger partial charge in [0.15, 0.2) is 0 Å². The summed E-state index contributed by atoms with van der Waals surface area (Å²) in [6.45, 7) is 7.68. The van der Waals surface area contributed by atoms with E-state index in [2.05, 4.69) is 24.1 Å². The molecule has 0 fully saturated rings. The van der Waals surface area contributed by atoms with Gasteiger partial charge < -0.3 is 15.6 Å². The first-order valence-corrected chi connectivity index (χ1v) is 6.06. The second-order valence-electron chi connectivity index (χ2n) is 4.49. The molecule has 0 aliphatic heterocycles. The second-order valence-corrected chi connectivity index (χ2v) is 4.49. The minimum atomic E-state index is 0.00581. The molecule has 0 bridgehead atoms. The number of likely N-dealkylation sites (N-methyl/N-ethyl adjacent to an activating group) is 1. The maximum absolute atomic E-state index is 11.6.